The number of ether oxygens (including phenoxy) is 1. The topological polar surface area (TPSA) is 89.2 Å². The molecular formula is C45H51NO6Si. The maximum absolute atomic E-state index is 14.0. The lowest BCUT2D eigenvalue weighted by Gasteiger charge is -2.44. The second kappa shape index (κ2) is 15.6. The van der Waals surface area contributed by atoms with E-state index in [0.717, 1.165) is 28.7 Å². The number of fused-ring (bicyclic) bond motifs is 3. The number of aliphatic hydroxyl groups is 1. The van der Waals surface area contributed by atoms with Crippen molar-refractivity contribution >= 4 is 42.2 Å². The zero-order valence-corrected chi connectivity index (χ0v) is 32.3. The number of hydrogen-bond donors (Lipinski definition) is 1. The molecular weight excluding hydrogens is 679 g/mol. The minimum absolute atomic E-state index is 0.0528. The Balaban J connectivity index is 1.27. The second-order valence-electron chi connectivity index (χ2n) is 15.6. The van der Waals surface area contributed by atoms with Gasteiger partial charge < -0.3 is 18.7 Å². The van der Waals surface area contributed by atoms with Gasteiger partial charge in [0.25, 0.3) is 8.32 Å². The van der Waals surface area contributed by atoms with Gasteiger partial charge in [0.2, 0.25) is 11.8 Å². The molecule has 2 fully saturated rings. The molecule has 7 rings (SSSR count). The summed E-state index contributed by atoms with van der Waals surface area (Å²) in [5, 5.41) is 11.8. The molecule has 0 spiro atoms. The van der Waals surface area contributed by atoms with E-state index in [1.807, 2.05) is 49.4 Å². The monoisotopic (exact) mass is 729 g/mol. The molecule has 1 N–H and O–H groups in total. The van der Waals surface area contributed by atoms with Crippen LogP contribution in [0.4, 0.5) is 0 Å². The minimum Gasteiger partial charge on any atom is -0.459 e. The van der Waals surface area contributed by atoms with E-state index >= 15 is 0 Å². The largest absolute Gasteiger partial charge is 0.459 e. The van der Waals surface area contributed by atoms with Gasteiger partial charge in [0.1, 0.15) is 18.1 Å². The second-order valence-corrected chi connectivity index (χ2v) is 19.9. The van der Waals surface area contributed by atoms with Crippen LogP contribution in [0.5, 0.6) is 0 Å². The molecule has 4 aromatic rings. The average molecular weight is 730 g/mol. The molecule has 3 aliphatic rings. The van der Waals surface area contributed by atoms with E-state index in [1.54, 1.807) is 6.07 Å². The number of rotatable bonds is 13. The fourth-order valence-corrected chi connectivity index (χ4v) is 13.6. The highest BCUT2D eigenvalue weighted by atomic mass is 28.4. The third-order valence-corrected chi connectivity index (χ3v) is 16.4. The van der Waals surface area contributed by atoms with E-state index in [0.29, 0.717) is 50.5 Å². The number of imide groups is 1. The van der Waals surface area contributed by atoms with Crippen molar-refractivity contribution in [1.29, 1.82) is 0 Å². The number of benzene rings is 3. The Morgan fingerprint density at radius 2 is 1.53 bits per heavy atom. The molecule has 4 atom stereocenters. The lowest BCUT2D eigenvalue weighted by molar-refractivity contribution is -0.140. The lowest BCUT2D eigenvalue weighted by atomic mass is 9.69. The Labute approximate surface area is 314 Å². The summed E-state index contributed by atoms with van der Waals surface area (Å²) in [4.78, 5) is 29.4. The summed E-state index contributed by atoms with van der Waals surface area (Å²) in [6.45, 7) is 9.91. The number of carbonyl (C=O) groups is 2. The van der Waals surface area contributed by atoms with Crippen LogP contribution in [0.2, 0.25) is 5.04 Å². The Hall–Kier alpha value is -4.34. The molecule has 7 nitrogen and oxygen atoms in total. The van der Waals surface area contributed by atoms with Crippen LogP contribution < -0.4 is 10.4 Å². The molecule has 3 aromatic carbocycles. The number of furan rings is 1. The summed E-state index contributed by atoms with van der Waals surface area (Å²) in [6, 6.07) is 35.2. The molecule has 2 saturated heterocycles. The summed E-state index contributed by atoms with van der Waals surface area (Å²) >= 11 is 0. The number of nitrogens with zero attached hydrogens (tertiary/aromatic N) is 1. The number of allylic oxidation sites excluding steroid dienone is 1. The van der Waals surface area contributed by atoms with E-state index in [9.17, 15) is 14.7 Å². The molecule has 8 heteroatoms. The summed E-state index contributed by atoms with van der Waals surface area (Å²) in [5.41, 5.74) is 4.44. The van der Waals surface area contributed by atoms with Crippen LogP contribution in [0, 0.1) is 17.8 Å². The highest BCUT2D eigenvalue weighted by Crippen LogP contribution is 2.50. The van der Waals surface area contributed by atoms with Gasteiger partial charge in [0, 0.05) is 12.5 Å². The zero-order chi connectivity index (χ0) is 37.2. The van der Waals surface area contributed by atoms with E-state index in [-0.39, 0.29) is 35.5 Å². The molecule has 2 aliphatic heterocycles. The van der Waals surface area contributed by atoms with Crippen molar-refractivity contribution in [3.05, 3.63) is 131 Å². The first-order valence-electron chi connectivity index (χ1n) is 19.1. The molecule has 1 aromatic heterocycles. The van der Waals surface area contributed by atoms with Crippen LogP contribution in [0.1, 0.15) is 70.5 Å². The number of hydrogen-bond acceptors (Lipinski definition) is 6. The predicted molar refractivity (Wildman–Crippen MR) is 211 cm³/mol. The van der Waals surface area contributed by atoms with Gasteiger partial charge in [0.05, 0.1) is 31.2 Å². The van der Waals surface area contributed by atoms with E-state index in [1.165, 1.54) is 15.3 Å². The molecule has 0 radical (unpaired) electrons. The van der Waals surface area contributed by atoms with Crippen LogP contribution in [0.15, 0.2) is 119 Å². The summed E-state index contributed by atoms with van der Waals surface area (Å²) in [5.74, 6) is 0.118. The highest BCUT2D eigenvalue weighted by molar-refractivity contribution is 6.99. The summed E-state index contributed by atoms with van der Waals surface area (Å²) in [6.07, 6.45) is 4.44. The highest BCUT2D eigenvalue weighted by Gasteiger charge is 2.57. The van der Waals surface area contributed by atoms with E-state index < -0.39 is 20.2 Å². The number of aliphatic hydroxyl groups excluding tert-OH is 1. The van der Waals surface area contributed by atoms with Crippen molar-refractivity contribution in [3.8, 4) is 0 Å². The first-order valence-corrected chi connectivity index (χ1v) is 21.0. The van der Waals surface area contributed by atoms with Gasteiger partial charge in [-0.15, -0.1) is 0 Å². The standard InChI is InChI=1S/C45H51NO6Si/c1-5-25-46-43(48)38-27-33(29-51-53(45(2,3)4,36-17-11-7-12-18-36)37-19-13-8-14-20-37)41-39(42(38)44(46)49)30-50-40(41)24-21-32(31-15-9-6-10-16-31)26-34-22-23-35(28-47)52-34/h6-20,22-23,26,38-40,42,47H,5,21,24-25,27-30H2,1-4H3/b32-26-/t38-,39+,40-,42-/m1/s1. The molecule has 3 heterocycles. The van der Waals surface area contributed by atoms with Gasteiger partial charge in [0.15, 0.2) is 0 Å². The van der Waals surface area contributed by atoms with Crippen LogP contribution in [-0.2, 0) is 25.4 Å². The predicted octanol–water partition coefficient (Wildman–Crippen LogP) is 7.40. The Kier molecular flexibility index (Phi) is 10.9. The van der Waals surface area contributed by atoms with Gasteiger partial charge in [-0.2, -0.15) is 0 Å². The summed E-state index contributed by atoms with van der Waals surface area (Å²) < 4.78 is 20.1. The first-order chi connectivity index (χ1) is 25.7. The van der Waals surface area contributed by atoms with Crippen LogP contribution in [0.3, 0.4) is 0 Å². The van der Waals surface area contributed by atoms with Crippen molar-refractivity contribution in [2.45, 2.75) is 71.1 Å². The molecule has 53 heavy (non-hydrogen) atoms. The fourth-order valence-electron chi connectivity index (χ4n) is 9.04. The van der Waals surface area contributed by atoms with Crippen LogP contribution >= 0.6 is 0 Å². The molecule has 2 amide bonds. The Bertz CT molecular complexity index is 1920. The normalized spacial score (nSPS) is 22.1. The van der Waals surface area contributed by atoms with Gasteiger partial charge in [-0.05, 0) is 81.6 Å². The van der Waals surface area contributed by atoms with Crippen molar-refractivity contribution in [3.63, 3.8) is 0 Å². The molecule has 0 unspecified atom stereocenters. The number of carbonyl (C=O) groups excluding carboxylic acids is 2. The number of likely N-dealkylation sites (tertiary alicyclic amines) is 1. The quantitative estimate of drug-likeness (QED) is 0.0878. The van der Waals surface area contributed by atoms with Crippen molar-refractivity contribution in [2.75, 3.05) is 19.8 Å². The van der Waals surface area contributed by atoms with Gasteiger partial charge in [-0.1, -0.05) is 119 Å². The van der Waals surface area contributed by atoms with Crippen molar-refractivity contribution in [2.24, 2.45) is 17.8 Å². The molecule has 0 saturated carbocycles. The minimum atomic E-state index is -2.89. The zero-order valence-electron chi connectivity index (χ0n) is 31.3. The average Bonchev–Trinajstić information content (AvgIpc) is 3.88. The molecule has 276 valence electrons. The third-order valence-electron chi connectivity index (χ3n) is 11.4. The van der Waals surface area contributed by atoms with E-state index in [2.05, 4.69) is 81.4 Å². The fraction of sp³-hybridized carbons (Fsp3) is 0.378. The maximum Gasteiger partial charge on any atom is 0.261 e. The van der Waals surface area contributed by atoms with Gasteiger partial charge >= 0.3 is 0 Å². The van der Waals surface area contributed by atoms with Crippen LogP contribution in [-0.4, -0.2) is 56.0 Å². The first kappa shape index (κ1) is 37.0. The Morgan fingerprint density at radius 1 is 0.887 bits per heavy atom. The maximum atomic E-state index is 14.0. The smallest absolute Gasteiger partial charge is 0.261 e. The SMILES string of the molecule is CCCN1C(=O)[C@@H]2[C@@H](CC(CO[Si](c3ccccc3)(c3ccccc3)C(C)(C)C)=C3[C@@H](CC/C(=C/c4ccc(CO)o4)c4ccccc4)OC[C@@H]32)C1=O. The molecule has 1 aliphatic carbocycles. The van der Waals surface area contributed by atoms with Gasteiger partial charge in [-0.25, -0.2) is 0 Å². The third kappa shape index (κ3) is 7.06. The van der Waals surface area contributed by atoms with Crippen molar-refractivity contribution < 1.29 is 28.3 Å². The Morgan fingerprint density at radius 3 is 2.11 bits per heavy atom. The van der Waals surface area contributed by atoms with Crippen molar-refractivity contribution in [1.82, 2.24) is 4.90 Å². The van der Waals surface area contributed by atoms with Gasteiger partial charge in [-0.3, -0.25) is 14.5 Å². The van der Waals surface area contributed by atoms with Crippen LogP contribution in [0.25, 0.3) is 11.6 Å². The van der Waals surface area contributed by atoms with E-state index in [4.69, 9.17) is 13.6 Å². The summed E-state index contributed by atoms with van der Waals surface area (Å²) in [7, 11) is -2.89. The molecule has 0 bridgehead atoms. The lowest BCUT2D eigenvalue weighted by Crippen LogP contribution is -2.66. The number of amides is 2.